The van der Waals surface area contributed by atoms with Crippen molar-refractivity contribution in [3.63, 3.8) is 0 Å². The number of carbonyl (C=O) groups excluding carboxylic acids is 1. The number of nitrogens with zero attached hydrogens (tertiary/aromatic N) is 4. The first-order valence-electron chi connectivity index (χ1n) is 8.18. The maximum atomic E-state index is 12.3. The number of hydrogen-bond donors (Lipinski definition) is 1. The number of nitrogens with one attached hydrogen (secondary N) is 1. The van der Waals surface area contributed by atoms with E-state index in [-0.39, 0.29) is 5.91 Å². The zero-order valence-electron chi connectivity index (χ0n) is 14.5. The molecule has 0 fully saturated rings. The summed E-state index contributed by atoms with van der Waals surface area (Å²) in [5, 5.41) is 12.1. The van der Waals surface area contributed by atoms with Crippen LogP contribution in [0, 0.1) is 13.8 Å². The van der Waals surface area contributed by atoms with E-state index < -0.39 is 0 Å². The second-order valence-electron chi connectivity index (χ2n) is 6.06. The average molecular weight is 437 g/mol. The van der Waals surface area contributed by atoms with E-state index in [0.29, 0.717) is 24.5 Å². The van der Waals surface area contributed by atoms with Crippen LogP contribution in [0.15, 0.2) is 41.1 Å². The summed E-state index contributed by atoms with van der Waals surface area (Å²) in [7, 11) is 0. The lowest BCUT2D eigenvalue weighted by Crippen LogP contribution is -2.15. The molecule has 0 saturated heterocycles. The van der Waals surface area contributed by atoms with E-state index in [1.807, 2.05) is 42.8 Å². The van der Waals surface area contributed by atoms with Gasteiger partial charge in [-0.25, -0.2) is 0 Å². The number of rotatable bonds is 6. The molecule has 0 saturated carbocycles. The number of aromatic nitrogens is 4. The van der Waals surface area contributed by atoms with Crippen molar-refractivity contribution in [3.8, 4) is 0 Å². The molecule has 136 valence electrons. The topological polar surface area (TPSA) is 64.7 Å². The van der Waals surface area contributed by atoms with Gasteiger partial charge in [0, 0.05) is 24.0 Å². The van der Waals surface area contributed by atoms with Crippen LogP contribution in [0.4, 0.5) is 5.69 Å². The van der Waals surface area contributed by atoms with E-state index in [1.54, 1.807) is 17.1 Å². The van der Waals surface area contributed by atoms with Crippen molar-refractivity contribution >= 4 is 39.1 Å². The van der Waals surface area contributed by atoms with E-state index in [1.165, 1.54) is 0 Å². The molecule has 0 radical (unpaired) electrons. The van der Waals surface area contributed by atoms with Gasteiger partial charge in [-0.1, -0.05) is 23.7 Å². The van der Waals surface area contributed by atoms with Crippen molar-refractivity contribution in [1.82, 2.24) is 19.6 Å². The summed E-state index contributed by atoms with van der Waals surface area (Å²) in [6.45, 7) is 5.05. The van der Waals surface area contributed by atoms with Gasteiger partial charge >= 0.3 is 0 Å². The predicted molar refractivity (Wildman–Crippen MR) is 105 cm³/mol. The quantitative estimate of drug-likeness (QED) is 0.630. The summed E-state index contributed by atoms with van der Waals surface area (Å²) in [5.74, 6) is -0.0482. The van der Waals surface area contributed by atoms with Crippen molar-refractivity contribution in [3.05, 3.63) is 63.1 Å². The lowest BCUT2D eigenvalue weighted by atomic mass is 10.2. The maximum Gasteiger partial charge on any atom is 0.226 e. The minimum absolute atomic E-state index is 0.0482. The molecule has 1 amide bonds. The Morgan fingerprint density at radius 3 is 2.81 bits per heavy atom. The standard InChI is InChI=1S/C18H19BrClN5O/c1-12-18(19)13(2)25(23-12)7-6-17(26)22-16-5-3-4-14(8-16)10-24-11-15(20)9-21-24/h3-5,8-9,11H,6-7,10H2,1-2H3,(H,22,26). The molecule has 0 unspecified atom stereocenters. The summed E-state index contributed by atoms with van der Waals surface area (Å²) in [6.07, 6.45) is 3.72. The molecule has 0 bridgehead atoms. The number of carbonyl (C=O) groups is 1. The van der Waals surface area contributed by atoms with Crippen LogP contribution >= 0.6 is 27.5 Å². The van der Waals surface area contributed by atoms with Crippen LogP contribution in [0.2, 0.25) is 5.02 Å². The summed E-state index contributed by atoms with van der Waals surface area (Å²) in [5.41, 5.74) is 3.75. The van der Waals surface area contributed by atoms with Gasteiger partial charge in [0.1, 0.15) is 0 Å². The van der Waals surface area contributed by atoms with E-state index >= 15 is 0 Å². The fraction of sp³-hybridized carbons (Fsp3) is 0.278. The molecule has 2 aromatic heterocycles. The molecule has 0 atom stereocenters. The fourth-order valence-electron chi connectivity index (χ4n) is 2.68. The Labute approximate surface area is 165 Å². The van der Waals surface area contributed by atoms with E-state index in [4.69, 9.17) is 11.6 Å². The molecule has 2 heterocycles. The minimum atomic E-state index is -0.0482. The van der Waals surface area contributed by atoms with Crippen LogP contribution in [-0.4, -0.2) is 25.5 Å². The zero-order chi connectivity index (χ0) is 18.7. The van der Waals surface area contributed by atoms with Gasteiger partial charge in [0.25, 0.3) is 0 Å². The highest BCUT2D eigenvalue weighted by atomic mass is 79.9. The Bertz CT molecular complexity index is 934. The number of halogens is 2. The first-order valence-corrected chi connectivity index (χ1v) is 9.35. The summed E-state index contributed by atoms with van der Waals surface area (Å²) in [6, 6.07) is 7.71. The van der Waals surface area contributed by atoms with Crippen LogP contribution in [-0.2, 0) is 17.9 Å². The third-order valence-corrected chi connectivity index (χ3v) is 5.34. The summed E-state index contributed by atoms with van der Waals surface area (Å²) < 4.78 is 4.59. The van der Waals surface area contributed by atoms with Gasteiger partial charge in [0.15, 0.2) is 0 Å². The molecule has 0 aliphatic carbocycles. The number of anilines is 1. The molecule has 1 N–H and O–H groups in total. The Morgan fingerprint density at radius 2 is 2.15 bits per heavy atom. The Kier molecular flexibility index (Phi) is 5.78. The molecule has 8 heteroatoms. The second-order valence-corrected chi connectivity index (χ2v) is 7.29. The lowest BCUT2D eigenvalue weighted by molar-refractivity contribution is -0.116. The third-order valence-electron chi connectivity index (χ3n) is 4.00. The largest absolute Gasteiger partial charge is 0.326 e. The highest BCUT2D eigenvalue weighted by molar-refractivity contribution is 9.10. The van der Waals surface area contributed by atoms with Gasteiger partial charge in [-0.15, -0.1) is 0 Å². The van der Waals surface area contributed by atoms with Crippen LogP contribution < -0.4 is 5.32 Å². The molecular formula is C18H19BrClN5O. The van der Waals surface area contributed by atoms with Gasteiger partial charge in [-0.3, -0.25) is 14.2 Å². The molecule has 3 aromatic rings. The fourth-order valence-corrected chi connectivity index (χ4v) is 3.12. The highest BCUT2D eigenvalue weighted by Gasteiger charge is 2.10. The number of amides is 1. The highest BCUT2D eigenvalue weighted by Crippen LogP contribution is 2.20. The number of aryl methyl sites for hydroxylation is 2. The number of hydrogen-bond acceptors (Lipinski definition) is 3. The molecule has 1 aromatic carbocycles. The SMILES string of the molecule is Cc1nn(CCC(=O)Nc2cccc(Cn3cc(Cl)cn3)c2)c(C)c1Br. The van der Waals surface area contributed by atoms with E-state index in [0.717, 1.165) is 27.1 Å². The van der Waals surface area contributed by atoms with Crippen LogP contribution in [0.1, 0.15) is 23.4 Å². The van der Waals surface area contributed by atoms with Gasteiger partial charge < -0.3 is 5.32 Å². The first-order chi connectivity index (χ1) is 12.4. The van der Waals surface area contributed by atoms with Crippen LogP contribution in [0.25, 0.3) is 0 Å². The Balaban J connectivity index is 1.58. The first kappa shape index (κ1) is 18.7. The average Bonchev–Trinajstić information content (AvgIpc) is 3.11. The smallest absolute Gasteiger partial charge is 0.226 e. The van der Waals surface area contributed by atoms with Crippen molar-refractivity contribution < 1.29 is 4.79 Å². The molecule has 0 spiro atoms. The summed E-state index contributed by atoms with van der Waals surface area (Å²) >= 11 is 9.38. The Morgan fingerprint density at radius 1 is 1.35 bits per heavy atom. The molecule has 0 aliphatic heterocycles. The predicted octanol–water partition coefficient (Wildman–Crippen LogP) is 4.19. The van der Waals surface area contributed by atoms with Gasteiger partial charge in [-0.05, 0) is 47.5 Å². The van der Waals surface area contributed by atoms with Crippen molar-refractivity contribution in [2.45, 2.75) is 33.4 Å². The molecular weight excluding hydrogens is 418 g/mol. The van der Waals surface area contributed by atoms with E-state index in [2.05, 4.69) is 31.4 Å². The van der Waals surface area contributed by atoms with Crippen LogP contribution in [0.3, 0.4) is 0 Å². The second kappa shape index (κ2) is 8.05. The van der Waals surface area contributed by atoms with Crippen molar-refractivity contribution in [1.29, 1.82) is 0 Å². The maximum absolute atomic E-state index is 12.3. The monoisotopic (exact) mass is 435 g/mol. The number of benzene rings is 1. The molecule has 6 nitrogen and oxygen atoms in total. The molecule has 3 rings (SSSR count). The van der Waals surface area contributed by atoms with E-state index in [9.17, 15) is 4.79 Å². The van der Waals surface area contributed by atoms with Crippen molar-refractivity contribution in [2.24, 2.45) is 0 Å². The molecule has 0 aliphatic rings. The van der Waals surface area contributed by atoms with Gasteiger partial charge in [-0.2, -0.15) is 10.2 Å². The molecule has 26 heavy (non-hydrogen) atoms. The zero-order valence-corrected chi connectivity index (χ0v) is 16.9. The Hall–Kier alpha value is -2.12. The van der Waals surface area contributed by atoms with Crippen LogP contribution in [0.5, 0.6) is 0 Å². The lowest BCUT2D eigenvalue weighted by Gasteiger charge is -2.09. The minimum Gasteiger partial charge on any atom is -0.326 e. The summed E-state index contributed by atoms with van der Waals surface area (Å²) in [4.78, 5) is 12.3. The third kappa shape index (κ3) is 4.53. The normalized spacial score (nSPS) is 10.9. The van der Waals surface area contributed by atoms with Crippen molar-refractivity contribution in [2.75, 3.05) is 5.32 Å². The van der Waals surface area contributed by atoms with Gasteiger partial charge in [0.2, 0.25) is 5.91 Å². The van der Waals surface area contributed by atoms with Gasteiger partial charge in [0.05, 0.1) is 34.5 Å².